The van der Waals surface area contributed by atoms with Crippen molar-refractivity contribution in [2.24, 2.45) is 0 Å². The van der Waals surface area contributed by atoms with Crippen molar-refractivity contribution in [3.8, 4) is 5.75 Å². The Balaban J connectivity index is 1.34. The minimum absolute atomic E-state index is 0.175. The fraction of sp³-hybridized carbons (Fsp3) is 0.250. The summed E-state index contributed by atoms with van der Waals surface area (Å²) in [7, 11) is 0. The number of hydrogen-bond acceptors (Lipinski definition) is 5. The van der Waals surface area contributed by atoms with Gasteiger partial charge in [-0.3, -0.25) is 4.98 Å². The highest BCUT2D eigenvalue weighted by Crippen LogP contribution is 2.23. The van der Waals surface area contributed by atoms with Gasteiger partial charge in [-0.2, -0.15) is 0 Å². The number of aryl methyl sites for hydroxylation is 2. The van der Waals surface area contributed by atoms with Crippen LogP contribution in [0.15, 0.2) is 48.7 Å². The predicted octanol–water partition coefficient (Wildman–Crippen LogP) is 3.35. The Kier molecular flexibility index (Phi) is 4.29. The van der Waals surface area contributed by atoms with E-state index in [0.29, 0.717) is 5.69 Å². The van der Waals surface area contributed by atoms with E-state index in [-0.39, 0.29) is 13.2 Å². The normalized spacial score (nSPS) is 12.8. The first-order chi connectivity index (χ1) is 12.3. The smallest absolute Gasteiger partial charge is 0.357 e. The number of benzene rings is 1. The van der Waals surface area contributed by atoms with E-state index < -0.39 is 5.97 Å². The third kappa shape index (κ3) is 3.31. The number of aromatic nitrogens is 2. The van der Waals surface area contributed by atoms with Crippen molar-refractivity contribution in [1.82, 2.24) is 9.97 Å². The number of esters is 1. The number of pyridine rings is 2. The number of nitrogens with zero attached hydrogens (tertiary/aromatic N) is 2. The third-order valence-electron chi connectivity index (χ3n) is 4.32. The molecule has 0 saturated carbocycles. The highest BCUT2D eigenvalue weighted by atomic mass is 16.6. The molecule has 126 valence electrons. The molecule has 25 heavy (non-hydrogen) atoms. The van der Waals surface area contributed by atoms with E-state index in [1.165, 1.54) is 5.56 Å². The SMILES string of the molecule is O=C(OCCOc1ccnc2ccccc12)c1ccc2c(n1)CCC2. The largest absolute Gasteiger partial charge is 0.489 e. The van der Waals surface area contributed by atoms with Gasteiger partial charge < -0.3 is 9.47 Å². The Labute approximate surface area is 145 Å². The first-order valence-corrected chi connectivity index (χ1v) is 8.44. The van der Waals surface area contributed by atoms with Crippen LogP contribution in [0.2, 0.25) is 0 Å². The monoisotopic (exact) mass is 334 g/mol. The van der Waals surface area contributed by atoms with Gasteiger partial charge >= 0.3 is 5.97 Å². The van der Waals surface area contributed by atoms with E-state index in [2.05, 4.69) is 9.97 Å². The molecule has 0 unspecified atom stereocenters. The molecule has 0 fully saturated rings. The summed E-state index contributed by atoms with van der Waals surface area (Å²) in [6.45, 7) is 0.457. The van der Waals surface area contributed by atoms with E-state index in [9.17, 15) is 4.79 Å². The summed E-state index contributed by atoms with van der Waals surface area (Å²) in [6.07, 6.45) is 4.80. The highest BCUT2D eigenvalue weighted by Gasteiger charge is 2.16. The summed E-state index contributed by atoms with van der Waals surface area (Å²) in [5, 5.41) is 0.941. The van der Waals surface area contributed by atoms with Crippen LogP contribution in [0.5, 0.6) is 5.75 Å². The number of hydrogen-bond donors (Lipinski definition) is 0. The maximum atomic E-state index is 12.1. The van der Waals surface area contributed by atoms with Crippen LogP contribution in [0.4, 0.5) is 0 Å². The molecule has 2 heterocycles. The van der Waals surface area contributed by atoms with Gasteiger partial charge in [-0.25, -0.2) is 9.78 Å². The minimum atomic E-state index is -0.405. The number of rotatable bonds is 5. The number of fused-ring (bicyclic) bond motifs is 2. The van der Waals surface area contributed by atoms with Crippen LogP contribution in [0.25, 0.3) is 10.9 Å². The van der Waals surface area contributed by atoms with Crippen molar-refractivity contribution >= 4 is 16.9 Å². The average Bonchev–Trinajstić information content (AvgIpc) is 3.13. The van der Waals surface area contributed by atoms with Gasteiger partial charge in [0.25, 0.3) is 0 Å². The van der Waals surface area contributed by atoms with Crippen LogP contribution in [-0.4, -0.2) is 29.2 Å². The summed E-state index contributed by atoms with van der Waals surface area (Å²) in [5.74, 6) is 0.329. The standard InChI is InChI=1S/C20H18N2O3/c23-20(18-9-8-14-4-3-7-16(14)22-18)25-13-12-24-19-10-11-21-17-6-2-1-5-15(17)19/h1-2,5-6,8-11H,3-4,7,12-13H2. The zero-order chi connectivity index (χ0) is 17.1. The molecule has 1 aromatic carbocycles. The van der Waals surface area contributed by atoms with Crippen molar-refractivity contribution in [1.29, 1.82) is 0 Å². The maximum Gasteiger partial charge on any atom is 0.357 e. The van der Waals surface area contributed by atoms with Gasteiger partial charge in [0.15, 0.2) is 0 Å². The maximum absolute atomic E-state index is 12.1. The minimum Gasteiger partial charge on any atom is -0.489 e. The molecule has 0 aliphatic heterocycles. The molecule has 0 atom stereocenters. The second-order valence-electron chi connectivity index (χ2n) is 5.97. The second kappa shape index (κ2) is 6.89. The molecular formula is C20H18N2O3. The summed E-state index contributed by atoms with van der Waals surface area (Å²) >= 11 is 0. The lowest BCUT2D eigenvalue weighted by atomic mass is 10.2. The predicted molar refractivity (Wildman–Crippen MR) is 93.8 cm³/mol. The van der Waals surface area contributed by atoms with E-state index >= 15 is 0 Å². The fourth-order valence-corrected chi connectivity index (χ4v) is 3.09. The van der Waals surface area contributed by atoms with Crippen LogP contribution in [-0.2, 0) is 17.6 Å². The van der Waals surface area contributed by atoms with E-state index in [1.807, 2.05) is 36.4 Å². The zero-order valence-corrected chi connectivity index (χ0v) is 13.8. The van der Waals surface area contributed by atoms with Gasteiger partial charge in [-0.15, -0.1) is 0 Å². The Morgan fingerprint density at radius 1 is 1.04 bits per heavy atom. The molecule has 0 amide bonds. The van der Waals surface area contributed by atoms with Gasteiger partial charge in [0.1, 0.15) is 24.7 Å². The van der Waals surface area contributed by atoms with Crippen molar-refractivity contribution in [2.75, 3.05) is 13.2 Å². The molecule has 0 radical (unpaired) electrons. The molecule has 3 aromatic rings. The Bertz CT molecular complexity index is 918. The van der Waals surface area contributed by atoms with Crippen molar-refractivity contribution in [3.63, 3.8) is 0 Å². The van der Waals surface area contributed by atoms with Crippen molar-refractivity contribution in [2.45, 2.75) is 19.3 Å². The molecule has 0 N–H and O–H groups in total. The quantitative estimate of drug-likeness (QED) is 0.529. The second-order valence-corrected chi connectivity index (χ2v) is 5.97. The average molecular weight is 334 g/mol. The number of para-hydroxylation sites is 1. The summed E-state index contributed by atoms with van der Waals surface area (Å²) < 4.78 is 11.0. The molecule has 0 bridgehead atoms. The van der Waals surface area contributed by atoms with Gasteiger partial charge in [0.05, 0.1) is 5.52 Å². The molecule has 0 spiro atoms. The van der Waals surface area contributed by atoms with Gasteiger partial charge in [-0.1, -0.05) is 18.2 Å². The van der Waals surface area contributed by atoms with Crippen LogP contribution < -0.4 is 4.74 Å². The topological polar surface area (TPSA) is 61.3 Å². The fourth-order valence-electron chi connectivity index (χ4n) is 3.09. The van der Waals surface area contributed by atoms with E-state index in [4.69, 9.17) is 9.47 Å². The first-order valence-electron chi connectivity index (χ1n) is 8.44. The molecule has 2 aromatic heterocycles. The van der Waals surface area contributed by atoms with Crippen LogP contribution in [0, 0.1) is 0 Å². The summed E-state index contributed by atoms with van der Waals surface area (Å²) in [4.78, 5) is 20.8. The molecule has 4 rings (SSSR count). The molecule has 1 aliphatic carbocycles. The Morgan fingerprint density at radius 2 is 1.96 bits per heavy atom. The third-order valence-corrected chi connectivity index (χ3v) is 4.32. The molecular weight excluding hydrogens is 316 g/mol. The van der Waals surface area contributed by atoms with Gasteiger partial charge in [-0.05, 0) is 49.1 Å². The van der Waals surface area contributed by atoms with Gasteiger partial charge in [0.2, 0.25) is 0 Å². The molecule has 1 aliphatic rings. The highest BCUT2D eigenvalue weighted by molar-refractivity contribution is 5.87. The number of carbonyl (C=O) groups is 1. The van der Waals surface area contributed by atoms with Crippen LogP contribution in [0.3, 0.4) is 0 Å². The molecule has 0 saturated heterocycles. The molecule has 5 heteroatoms. The number of carbonyl (C=O) groups excluding carboxylic acids is 1. The Morgan fingerprint density at radius 3 is 2.92 bits per heavy atom. The first kappa shape index (κ1) is 15.6. The van der Waals surface area contributed by atoms with E-state index in [1.54, 1.807) is 12.3 Å². The van der Waals surface area contributed by atoms with Crippen molar-refractivity contribution < 1.29 is 14.3 Å². The summed E-state index contributed by atoms with van der Waals surface area (Å²) in [6, 6.07) is 13.3. The van der Waals surface area contributed by atoms with Gasteiger partial charge in [0, 0.05) is 17.3 Å². The lowest BCUT2D eigenvalue weighted by molar-refractivity contribution is 0.0444. The van der Waals surface area contributed by atoms with E-state index in [0.717, 1.165) is 41.6 Å². The molecule has 5 nitrogen and oxygen atoms in total. The van der Waals surface area contributed by atoms with Crippen molar-refractivity contribution in [3.05, 3.63) is 65.6 Å². The summed E-state index contributed by atoms with van der Waals surface area (Å²) in [5.41, 5.74) is 3.51. The lowest BCUT2D eigenvalue weighted by Gasteiger charge is -2.09. The van der Waals surface area contributed by atoms with Crippen LogP contribution >= 0.6 is 0 Å². The van der Waals surface area contributed by atoms with Crippen LogP contribution in [0.1, 0.15) is 28.2 Å². The number of ether oxygens (including phenoxy) is 2. The zero-order valence-electron chi connectivity index (χ0n) is 13.8. The lowest BCUT2D eigenvalue weighted by Crippen LogP contribution is -2.14. The Hall–Kier alpha value is -2.95.